The summed E-state index contributed by atoms with van der Waals surface area (Å²) >= 11 is 5.73. The van der Waals surface area contributed by atoms with E-state index in [-0.39, 0.29) is 17.7 Å². The number of carbonyl (C=O) groups is 2. The predicted molar refractivity (Wildman–Crippen MR) is 107 cm³/mol. The zero-order valence-electron chi connectivity index (χ0n) is 15.2. The minimum Gasteiger partial charge on any atom is -0.326 e. The molecule has 2 N–H and O–H groups in total. The van der Waals surface area contributed by atoms with Crippen LogP contribution in [0.4, 0.5) is 5.69 Å². The van der Waals surface area contributed by atoms with Gasteiger partial charge in [-0.1, -0.05) is 31.2 Å². The number of benzene rings is 1. The largest absolute Gasteiger partial charge is 0.326 e. The molecule has 0 saturated carbocycles. The Bertz CT molecular complexity index is 877. The van der Waals surface area contributed by atoms with Crippen LogP contribution in [0.25, 0.3) is 0 Å². The standard InChI is InChI=1S/C21H22ClN3O2/c1-13(20(26)25-18-9-10-19(22)23-12-18)3-4-14(2)24-21(27)17-8-6-15-5-7-16(15)11-17/h6,8-13H,2-5,7H2,1H3,(H,24,27)(H,25,26). The smallest absolute Gasteiger partial charge is 0.255 e. The Morgan fingerprint density at radius 2 is 2.00 bits per heavy atom. The lowest BCUT2D eigenvalue weighted by Gasteiger charge is -2.19. The van der Waals surface area contributed by atoms with Crippen LogP contribution in [0.2, 0.25) is 5.15 Å². The normalized spacial score (nSPS) is 13.1. The van der Waals surface area contributed by atoms with E-state index < -0.39 is 0 Å². The van der Waals surface area contributed by atoms with E-state index in [0.717, 1.165) is 12.8 Å². The van der Waals surface area contributed by atoms with E-state index in [0.29, 0.717) is 34.9 Å². The summed E-state index contributed by atoms with van der Waals surface area (Å²) in [7, 11) is 0. The Morgan fingerprint density at radius 3 is 2.63 bits per heavy atom. The lowest BCUT2D eigenvalue weighted by molar-refractivity contribution is -0.119. The van der Waals surface area contributed by atoms with Crippen LogP contribution in [-0.4, -0.2) is 16.8 Å². The molecular formula is C21H22ClN3O2. The van der Waals surface area contributed by atoms with Crippen LogP contribution in [0.1, 0.15) is 41.3 Å². The number of pyridine rings is 1. The van der Waals surface area contributed by atoms with E-state index in [4.69, 9.17) is 11.6 Å². The maximum absolute atomic E-state index is 12.3. The zero-order chi connectivity index (χ0) is 19.4. The lowest BCUT2D eigenvalue weighted by atomic mass is 9.87. The van der Waals surface area contributed by atoms with Crippen LogP contribution in [-0.2, 0) is 17.6 Å². The highest BCUT2D eigenvalue weighted by molar-refractivity contribution is 6.29. The molecule has 0 radical (unpaired) electrons. The molecule has 1 heterocycles. The fraction of sp³-hybridized carbons (Fsp3) is 0.286. The van der Waals surface area contributed by atoms with Gasteiger partial charge in [-0.05, 0) is 61.1 Å². The zero-order valence-corrected chi connectivity index (χ0v) is 16.0. The first-order valence-corrected chi connectivity index (χ1v) is 9.33. The number of allylic oxidation sites excluding steroid dienone is 1. The Morgan fingerprint density at radius 1 is 1.22 bits per heavy atom. The first kappa shape index (κ1) is 19.1. The number of hydrogen-bond acceptors (Lipinski definition) is 3. The topological polar surface area (TPSA) is 71.1 Å². The SMILES string of the molecule is C=C(CCC(C)C(=O)Nc1ccc(Cl)nc1)NC(=O)c1ccc2c(c1)CC2. The van der Waals surface area contributed by atoms with Gasteiger partial charge in [0.25, 0.3) is 5.91 Å². The number of nitrogens with zero attached hydrogens (tertiary/aromatic N) is 1. The fourth-order valence-corrected chi connectivity index (χ4v) is 2.98. The Hall–Kier alpha value is -2.66. The Balaban J connectivity index is 1.44. The molecule has 2 aromatic rings. The quantitative estimate of drug-likeness (QED) is 0.706. The number of nitrogens with one attached hydrogen (secondary N) is 2. The molecule has 5 nitrogen and oxygen atoms in total. The second-order valence-corrected chi connectivity index (χ2v) is 7.23. The van der Waals surface area contributed by atoms with Crippen molar-refractivity contribution in [2.24, 2.45) is 5.92 Å². The van der Waals surface area contributed by atoms with Crippen molar-refractivity contribution in [2.45, 2.75) is 32.6 Å². The summed E-state index contributed by atoms with van der Waals surface area (Å²) in [6.45, 7) is 5.75. The van der Waals surface area contributed by atoms with Crippen molar-refractivity contribution >= 4 is 29.1 Å². The highest BCUT2D eigenvalue weighted by atomic mass is 35.5. The summed E-state index contributed by atoms with van der Waals surface area (Å²) in [6.07, 6.45) is 4.75. The molecule has 0 spiro atoms. The summed E-state index contributed by atoms with van der Waals surface area (Å²) in [4.78, 5) is 28.5. The Kier molecular flexibility index (Phi) is 5.91. The van der Waals surface area contributed by atoms with E-state index in [1.807, 2.05) is 25.1 Å². The molecule has 1 aromatic heterocycles. The van der Waals surface area contributed by atoms with Gasteiger partial charge in [0.2, 0.25) is 5.91 Å². The average molecular weight is 384 g/mol. The minimum absolute atomic E-state index is 0.111. The van der Waals surface area contributed by atoms with E-state index in [9.17, 15) is 9.59 Å². The molecule has 0 bridgehead atoms. The van der Waals surface area contributed by atoms with Crippen molar-refractivity contribution < 1.29 is 9.59 Å². The molecule has 1 aliphatic rings. The molecule has 1 aliphatic carbocycles. The van der Waals surface area contributed by atoms with Crippen molar-refractivity contribution in [1.82, 2.24) is 10.3 Å². The van der Waals surface area contributed by atoms with Crippen LogP contribution >= 0.6 is 11.6 Å². The number of hydrogen-bond donors (Lipinski definition) is 2. The monoisotopic (exact) mass is 383 g/mol. The number of rotatable bonds is 7. The third-order valence-corrected chi connectivity index (χ3v) is 4.97. The molecule has 0 saturated heterocycles. The van der Waals surface area contributed by atoms with Gasteiger partial charge in [-0.25, -0.2) is 4.98 Å². The summed E-state index contributed by atoms with van der Waals surface area (Å²) < 4.78 is 0. The molecule has 0 aliphatic heterocycles. The van der Waals surface area contributed by atoms with Crippen LogP contribution in [0, 0.1) is 5.92 Å². The van der Waals surface area contributed by atoms with Gasteiger partial charge in [-0.2, -0.15) is 0 Å². The average Bonchev–Trinajstić information content (AvgIpc) is 2.62. The van der Waals surface area contributed by atoms with Crippen molar-refractivity contribution in [2.75, 3.05) is 5.32 Å². The first-order valence-electron chi connectivity index (χ1n) is 8.95. The van der Waals surface area contributed by atoms with Crippen molar-refractivity contribution in [3.05, 3.63) is 70.6 Å². The van der Waals surface area contributed by atoms with Gasteiger partial charge in [0.1, 0.15) is 5.15 Å². The number of aromatic nitrogens is 1. The number of halogens is 1. The molecule has 1 aromatic carbocycles. The third-order valence-electron chi connectivity index (χ3n) is 4.74. The number of anilines is 1. The summed E-state index contributed by atoms with van der Waals surface area (Å²) in [5.41, 5.74) is 4.42. The second-order valence-electron chi connectivity index (χ2n) is 6.84. The number of fused-ring (bicyclic) bond motifs is 1. The third kappa shape index (κ3) is 4.95. The minimum atomic E-state index is -0.231. The maximum Gasteiger partial charge on any atom is 0.255 e. The van der Waals surface area contributed by atoms with Gasteiger partial charge in [0.05, 0.1) is 11.9 Å². The molecule has 27 heavy (non-hydrogen) atoms. The molecule has 1 atom stereocenters. The van der Waals surface area contributed by atoms with Gasteiger partial charge in [-0.3, -0.25) is 9.59 Å². The van der Waals surface area contributed by atoms with Crippen LogP contribution < -0.4 is 10.6 Å². The summed E-state index contributed by atoms with van der Waals surface area (Å²) in [5.74, 6) is -0.495. The van der Waals surface area contributed by atoms with Crippen LogP contribution in [0.5, 0.6) is 0 Å². The van der Waals surface area contributed by atoms with E-state index >= 15 is 0 Å². The first-order chi connectivity index (χ1) is 12.9. The molecule has 140 valence electrons. The van der Waals surface area contributed by atoms with Crippen LogP contribution in [0.15, 0.2) is 48.8 Å². The highest BCUT2D eigenvalue weighted by Gasteiger charge is 2.17. The maximum atomic E-state index is 12.3. The van der Waals surface area contributed by atoms with E-state index in [1.54, 1.807) is 12.1 Å². The highest BCUT2D eigenvalue weighted by Crippen LogP contribution is 2.23. The van der Waals surface area contributed by atoms with Gasteiger partial charge >= 0.3 is 0 Å². The van der Waals surface area contributed by atoms with Gasteiger partial charge in [0, 0.05) is 17.2 Å². The van der Waals surface area contributed by atoms with E-state index in [2.05, 4.69) is 22.2 Å². The van der Waals surface area contributed by atoms with Gasteiger partial charge in [0.15, 0.2) is 0 Å². The number of carbonyl (C=O) groups excluding carboxylic acids is 2. The molecule has 0 fully saturated rings. The van der Waals surface area contributed by atoms with Crippen molar-refractivity contribution in [1.29, 1.82) is 0 Å². The fourth-order valence-electron chi connectivity index (χ4n) is 2.87. The second kappa shape index (κ2) is 8.35. The summed E-state index contributed by atoms with van der Waals surface area (Å²) in [5, 5.41) is 6.00. The summed E-state index contributed by atoms with van der Waals surface area (Å²) in [6, 6.07) is 9.12. The molecule has 2 amide bonds. The molecule has 6 heteroatoms. The Labute approximate surface area is 163 Å². The van der Waals surface area contributed by atoms with Crippen molar-refractivity contribution in [3.63, 3.8) is 0 Å². The van der Waals surface area contributed by atoms with E-state index in [1.165, 1.54) is 17.3 Å². The van der Waals surface area contributed by atoms with Crippen molar-refractivity contribution in [3.8, 4) is 0 Å². The molecule has 3 rings (SSSR count). The number of amides is 2. The van der Waals surface area contributed by atoms with Gasteiger partial charge < -0.3 is 10.6 Å². The molecule has 1 unspecified atom stereocenters. The number of aryl methyl sites for hydroxylation is 2. The lowest BCUT2D eigenvalue weighted by Crippen LogP contribution is -2.25. The van der Waals surface area contributed by atoms with Gasteiger partial charge in [-0.15, -0.1) is 0 Å². The molecular weight excluding hydrogens is 362 g/mol. The predicted octanol–water partition coefficient (Wildman–Crippen LogP) is 4.13. The van der Waals surface area contributed by atoms with Crippen LogP contribution in [0.3, 0.4) is 0 Å².